The number of benzene rings is 4. The topological polar surface area (TPSA) is 74.8 Å². The molecular weight excluding hydrogens is 548 g/mol. The average Bonchev–Trinajstić information content (AvgIpc) is 3.30. The van der Waals surface area contributed by atoms with E-state index in [0.717, 1.165) is 34.6 Å². The lowest BCUT2D eigenvalue weighted by atomic mass is 9.82. The van der Waals surface area contributed by atoms with Gasteiger partial charge in [0.05, 0.1) is 24.2 Å². The van der Waals surface area contributed by atoms with Crippen molar-refractivity contribution in [3.63, 3.8) is 0 Å². The largest absolute Gasteiger partial charge is 0.308 e. The Kier molecular flexibility index (Phi) is 9.49. The molecule has 4 aromatic carbocycles. The van der Waals surface area contributed by atoms with Gasteiger partial charge in [-0.3, -0.25) is 24.1 Å². The zero-order chi connectivity index (χ0) is 29.8. The van der Waals surface area contributed by atoms with Gasteiger partial charge >= 0.3 is 0 Å². The molecule has 2 aliphatic heterocycles. The van der Waals surface area contributed by atoms with Crippen molar-refractivity contribution >= 4 is 29.2 Å². The van der Waals surface area contributed by atoms with Crippen molar-refractivity contribution < 1.29 is 19.2 Å². The van der Waals surface area contributed by atoms with Crippen molar-refractivity contribution in [3.8, 4) is 0 Å². The molecule has 0 radical (unpaired) electrons. The van der Waals surface area contributed by atoms with Gasteiger partial charge in [0.15, 0.2) is 5.78 Å². The van der Waals surface area contributed by atoms with Gasteiger partial charge in [0.25, 0.3) is 11.8 Å². The normalized spacial score (nSPS) is 18.0. The van der Waals surface area contributed by atoms with Crippen LogP contribution in [0, 0.1) is 11.8 Å². The number of para-hydroxylation sites is 1. The van der Waals surface area contributed by atoms with Crippen LogP contribution >= 0.6 is 0 Å². The molecule has 2 unspecified atom stereocenters. The Morgan fingerprint density at radius 2 is 1.23 bits per heavy atom. The van der Waals surface area contributed by atoms with Crippen molar-refractivity contribution in [2.45, 2.75) is 46.1 Å². The molecule has 6 rings (SSSR count). The van der Waals surface area contributed by atoms with E-state index in [1.54, 1.807) is 24.3 Å². The van der Waals surface area contributed by atoms with Gasteiger partial charge in [0, 0.05) is 18.0 Å². The van der Waals surface area contributed by atoms with Gasteiger partial charge in [0.2, 0.25) is 5.91 Å². The number of nitrogens with zero attached hydrogens (tertiary/aromatic N) is 2. The fourth-order valence-corrected chi connectivity index (χ4v) is 6.36. The lowest BCUT2D eigenvalue weighted by molar-refractivity contribution is -0.124. The van der Waals surface area contributed by atoms with Gasteiger partial charge in [-0.25, -0.2) is 0 Å². The monoisotopic (exact) mass is 586 g/mol. The number of carbonyl (C=O) groups is 4. The second kappa shape index (κ2) is 13.6. The number of imide groups is 1. The number of fused-ring (bicyclic) bond motifs is 2. The highest BCUT2D eigenvalue weighted by Crippen LogP contribution is 2.34. The molecule has 6 nitrogen and oxygen atoms in total. The zero-order valence-corrected chi connectivity index (χ0v) is 24.0. The molecule has 0 fully saturated rings. The van der Waals surface area contributed by atoms with Crippen LogP contribution in [0.5, 0.6) is 0 Å². The number of hydrogen-bond acceptors (Lipinski definition) is 4. The molecule has 0 saturated carbocycles. The summed E-state index contributed by atoms with van der Waals surface area (Å²) in [6.45, 7) is 0.169. The van der Waals surface area contributed by atoms with Crippen LogP contribution in [-0.4, -0.2) is 34.9 Å². The van der Waals surface area contributed by atoms with Crippen molar-refractivity contribution in [3.05, 3.63) is 137 Å². The molecule has 0 aliphatic carbocycles. The van der Waals surface area contributed by atoms with E-state index >= 15 is 0 Å². The molecule has 224 valence electrons. The Morgan fingerprint density at radius 3 is 1.89 bits per heavy atom. The van der Waals surface area contributed by atoms with Crippen LogP contribution < -0.4 is 4.90 Å². The third-order valence-corrected chi connectivity index (χ3v) is 8.65. The molecule has 3 amide bonds. The van der Waals surface area contributed by atoms with Crippen LogP contribution in [0.2, 0.25) is 0 Å². The molecule has 2 aliphatic rings. The minimum atomic E-state index is -0.448. The summed E-state index contributed by atoms with van der Waals surface area (Å²) in [5.74, 6) is -1.47. The highest BCUT2D eigenvalue weighted by molar-refractivity contribution is 6.22. The number of amides is 3. The number of Topliss-reactive ketones (excluding diaryl/α,β-unsaturated/α-hetero) is 1. The molecule has 6 heteroatoms. The molecule has 0 spiro atoms. The number of hydrogen-bond donors (Lipinski definition) is 0. The Balaban J connectivity index is 0.00000384. The van der Waals surface area contributed by atoms with Crippen LogP contribution in [0.3, 0.4) is 0 Å². The first-order valence-corrected chi connectivity index (χ1v) is 14.9. The fraction of sp³-hybridized carbons (Fsp3) is 0.263. The molecule has 2 heterocycles. The summed E-state index contributed by atoms with van der Waals surface area (Å²) in [6.07, 6.45) is 2.79. The van der Waals surface area contributed by atoms with Crippen molar-refractivity contribution in [2.75, 3.05) is 11.4 Å². The van der Waals surface area contributed by atoms with E-state index in [2.05, 4.69) is 12.1 Å². The Bertz CT molecular complexity index is 1610. The van der Waals surface area contributed by atoms with Crippen LogP contribution in [0.4, 0.5) is 5.69 Å². The quantitative estimate of drug-likeness (QED) is 0.210. The molecule has 0 N–H and O–H groups in total. The van der Waals surface area contributed by atoms with Gasteiger partial charge in [-0.2, -0.15) is 0 Å². The number of aryl methyl sites for hydroxylation is 1. The predicted octanol–water partition coefficient (Wildman–Crippen LogP) is 6.92. The second-order valence-electron chi connectivity index (χ2n) is 11.5. The Hall–Kier alpha value is -4.84. The summed E-state index contributed by atoms with van der Waals surface area (Å²) in [5.41, 5.74) is 4.61. The Labute approximate surface area is 259 Å². The summed E-state index contributed by atoms with van der Waals surface area (Å²) in [5, 5.41) is 0. The van der Waals surface area contributed by atoms with E-state index in [4.69, 9.17) is 0 Å². The van der Waals surface area contributed by atoms with Crippen molar-refractivity contribution in [1.29, 1.82) is 0 Å². The van der Waals surface area contributed by atoms with Crippen LogP contribution in [0.1, 0.15) is 64.1 Å². The summed E-state index contributed by atoms with van der Waals surface area (Å²) in [7, 11) is 0. The molecular formula is C38H38N2O4. The van der Waals surface area contributed by atoms with Gasteiger partial charge in [-0.1, -0.05) is 98.4 Å². The lowest BCUT2D eigenvalue weighted by Gasteiger charge is -2.26. The SMILES string of the molecule is C.O=C(CN1C(=O)c2ccccc2C1=O)C1Cc2ccccc2N(Cc2ccccc2)C(=O)CC(CCc2ccccc2)C1. The smallest absolute Gasteiger partial charge is 0.261 e. The van der Waals surface area contributed by atoms with E-state index in [0.29, 0.717) is 36.9 Å². The molecule has 2 atom stereocenters. The average molecular weight is 587 g/mol. The minimum Gasteiger partial charge on any atom is -0.308 e. The maximum absolute atomic E-state index is 14.0. The maximum atomic E-state index is 14.0. The third kappa shape index (κ3) is 6.55. The highest BCUT2D eigenvalue weighted by atomic mass is 16.2. The standard InChI is InChI=1S/C37H34N2O4.CH4/c40-34(25-39-36(42)31-16-8-9-17-32(31)37(39)43)30-21-28(20-19-26-11-3-1-4-12-26)22-35(41)38(24-27-13-5-2-6-14-27)33-18-10-7-15-29(33)23-30;/h1-18,28,30H,19-25H2;1H4. The van der Waals surface area contributed by atoms with Gasteiger partial charge < -0.3 is 4.90 Å². The molecule has 0 aromatic heterocycles. The number of ketones is 1. The lowest BCUT2D eigenvalue weighted by Crippen LogP contribution is -2.38. The van der Waals surface area contributed by atoms with Crippen LogP contribution in [0.15, 0.2) is 109 Å². The first-order valence-electron chi connectivity index (χ1n) is 14.9. The third-order valence-electron chi connectivity index (χ3n) is 8.65. The van der Waals surface area contributed by atoms with Crippen LogP contribution in [0.25, 0.3) is 0 Å². The summed E-state index contributed by atoms with van der Waals surface area (Å²) >= 11 is 0. The van der Waals surface area contributed by atoms with E-state index in [1.807, 2.05) is 77.7 Å². The minimum absolute atomic E-state index is 0. The zero-order valence-electron chi connectivity index (χ0n) is 24.0. The van der Waals surface area contributed by atoms with Crippen molar-refractivity contribution in [1.82, 2.24) is 4.90 Å². The van der Waals surface area contributed by atoms with Gasteiger partial charge in [-0.05, 0) is 66.5 Å². The molecule has 4 aromatic rings. The summed E-state index contributed by atoms with van der Waals surface area (Å²) < 4.78 is 0. The van der Waals surface area contributed by atoms with E-state index in [9.17, 15) is 19.2 Å². The maximum Gasteiger partial charge on any atom is 0.261 e. The van der Waals surface area contributed by atoms with E-state index in [1.165, 1.54) is 5.56 Å². The first kappa shape index (κ1) is 30.6. The second-order valence-corrected chi connectivity index (χ2v) is 11.5. The molecule has 44 heavy (non-hydrogen) atoms. The van der Waals surface area contributed by atoms with E-state index < -0.39 is 17.7 Å². The number of rotatable bonds is 8. The highest BCUT2D eigenvalue weighted by Gasteiger charge is 2.38. The molecule has 0 bridgehead atoms. The van der Waals surface area contributed by atoms with Crippen LogP contribution in [-0.2, 0) is 29.0 Å². The van der Waals surface area contributed by atoms with Gasteiger partial charge in [0.1, 0.15) is 0 Å². The predicted molar refractivity (Wildman–Crippen MR) is 172 cm³/mol. The Morgan fingerprint density at radius 1 is 0.659 bits per heavy atom. The van der Waals surface area contributed by atoms with Gasteiger partial charge in [-0.15, -0.1) is 0 Å². The first-order chi connectivity index (χ1) is 21.0. The fourth-order valence-electron chi connectivity index (χ4n) is 6.36. The summed E-state index contributed by atoms with van der Waals surface area (Å²) in [4.78, 5) is 57.1. The number of anilines is 1. The van der Waals surface area contributed by atoms with E-state index in [-0.39, 0.29) is 31.6 Å². The molecule has 0 saturated heterocycles. The summed E-state index contributed by atoms with van der Waals surface area (Å²) in [6, 6.07) is 34.6. The van der Waals surface area contributed by atoms with Crippen molar-refractivity contribution in [2.24, 2.45) is 11.8 Å². The number of carbonyl (C=O) groups excluding carboxylic acids is 4.